The molecule has 0 aromatic heterocycles. The molecule has 0 spiro atoms. The van der Waals surface area contributed by atoms with Crippen molar-refractivity contribution in [3.05, 3.63) is 27.8 Å². The summed E-state index contributed by atoms with van der Waals surface area (Å²) in [6, 6.07) is 1.22. The second kappa shape index (κ2) is 4.48. The molecule has 0 N–H and O–H groups in total. The summed E-state index contributed by atoms with van der Waals surface area (Å²) in [6.45, 7) is 0. The van der Waals surface area contributed by atoms with E-state index in [2.05, 4.69) is 9.47 Å². The van der Waals surface area contributed by atoms with Gasteiger partial charge in [0, 0.05) is 12.1 Å². The molecule has 0 unspecified atom stereocenters. The van der Waals surface area contributed by atoms with E-state index >= 15 is 0 Å². The molecule has 1 aromatic carbocycles. The Morgan fingerprint density at radius 3 is 2.06 bits per heavy atom. The van der Waals surface area contributed by atoms with Crippen molar-refractivity contribution >= 4 is 5.69 Å². The third-order valence-electron chi connectivity index (χ3n) is 2.00. The van der Waals surface area contributed by atoms with Crippen LogP contribution in [0.15, 0.2) is 12.1 Å². The Hall–Kier alpha value is -1.99. The van der Waals surface area contributed by atoms with Crippen molar-refractivity contribution < 1.29 is 27.6 Å². The number of benzene rings is 1. The van der Waals surface area contributed by atoms with Gasteiger partial charge in [-0.2, -0.15) is 13.2 Å². The van der Waals surface area contributed by atoms with E-state index in [0.29, 0.717) is 6.07 Å². The number of alkyl halides is 3. The SMILES string of the molecule is COc1cc(OC)c(C(F)(F)F)cc1[N+](=O)[O-]. The molecular formula is C9H8F3NO4. The third kappa shape index (κ3) is 2.58. The first-order valence-electron chi connectivity index (χ1n) is 4.29. The van der Waals surface area contributed by atoms with E-state index in [0.717, 1.165) is 20.3 Å². The number of methoxy groups -OCH3 is 2. The van der Waals surface area contributed by atoms with Gasteiger partial charge >= 0.3 is 11.9 Å². The minimum atomic E-state index is -4.73. The number of nitro groups is 1. The van der Waals surface area contributed by atoms with E-state index in [1.54, 1.807) is 0 Å². The maximum absolute atomic E-state index is 12.6. The summed E-state index contributed by atoms with van der Waals surface area (Å²) >= 11 is 0. The van der Waals surface area contributed by atoms with Crippen LogP contribution in [0.4, 0.5) is 18.9 Å². The summed E-state index contributed by atoms with van der Waals surface area (Å²) in [5.74, 6) is -0.820. The van der Waals surface area contributed by atoms with Crippen LogP contribution in [0.25, 0.3) is 0 Å². The van der Waals surface area contributed by atoms with Crippen LogP contribution in [0.2, 0.25) is 0 Å². The summed E-state index contributed by atoms with van der Waals surface area (Å²) in [4.78, 5) is 9.63. The summed E-state index contributed by atoms with van der Waals surface area (Å²) < 4.78 is 46.9. The molecule has 0 atom stereocenters. The van der Waals surface area contributed by atoms with Gasteiger partial charge in [-0.05, 0) is 0 Å². The lowest BCUT2D eigenvalue weighted by Gasteiger charge is -2.13. The van der Waals surface area contributed by atoms with Crippen LogP contribution < -0.4 is 9.47 Å². The van der Waals surface area contributed by atoms with Crippen molar-refractivity contribution in [3.63, 3.8) is 0 Å². The summed E-state index contributed by atoms with van der Waals surface area (Å²) in [7, 11) is 2.16. The third-order valence-corrected chi connectivity index (χ3v) is 2.00. The first-order chi connectivity index (χ1) is 7.81. The predicted molar refractivity (Wildman–Crippen MR) is 51.2 cm³/mol. The highest BCUT2D eigenvalue weighted by Gasteiger charge is 2.37. The fraction of sp³-hybridized carbons (Fsp3) is 0.333. The maximum Gasteiger partial charge on any atom is 0.420 e. The van der Waals surface area contributed by atoms with Crippen molar-refractivity contribution in [3.8, 4) is 11.5 Å². The Balaban J connectivity index is 3.50. The van der Waals surface area contributed by atoms with Crippen molar-refractivity contribution in [1.29, 1.82) is 0 Å². The smallest absolute Gasteiger partial charge is 0.420 e. The molecule has 94 valence electrons. The minimum Gasteiger partial charge on any atom is -0.496 e. The zero-order chi connectivity index (χ0) is 13.2. The van der Waals surface area contributed by atoms with E-state index in [1.165, 1.54) is 0 Å². The molecule has 0 bridgehead atoms. The minimum absolute atomic E-state index is 0.292. The second-order valence-corrected chi connectivity index (χ2v) is 2.98. The van der Waals surface area contributed by atoms with Gasteiger partial charge in [-0.15, -0.1) is 0 Å². The van der Waals surface area contributed by atoms with Gasteiger partial charge in [-0.25, -0.2) is 0 Å². The molecule has 8 heteroatoms. The number of ether oxygens (including phenoxy) is 2. The summed E-state index contributed by atoms with van der Waals surface area (Å²) in [5, 5.41) is 10.6. The van der Waals surface area contributed by atoms with E-state index in [1.807, 2.05) is 0 Å². The average Bonchev–Trinajstić information content (AvgIpc) is 2.25. The van der Waals surface area contributed by atoms with Gasteiger partial charge in [-0.1, -0.05) is 0 Å². The van der Waals surface area contributed by atoms with Gasteiger partial charge in [0.1, 0.15) is 11.3 Å². The Kier molecular flexibility index (Phi) is 3.45. The van der Waals surface area contributed by atoms with E-state index in [4.69, 9.17) is 0 Å². The Morgan fingerprint density at radius 1 is 1.18 bits per heavy atom. The topological polar surface area (TPSA) is 61.6 Å². The molecule has 0 aliphatic carbocycles. The van der Waals surface area contributed by atoms with Gasteiger partial charge in [0.25, 0.3) is 0 Å². The molecule has 0 radical (unpaired) electrons. The van der Waals surface area contributed by atoms with Crippen molar-refractivity contribution in [2.45, 2.75) is 6.18 Å². The van der Waals surface area contributed by atoms with Crippen molar-refractivity contribution in [2.24, 2.45) is 0 Å². The van der Waals surface area contributed by atoms with E-state index < -0.39 is 28.1 Å². The molecule has 0 amide bonds. The number of hydrogen-bond acceptors (Lipinski definition) is 4. The summed E-state index contributed by atoms with van der Waals surface area (Å²) in [6.07, 6.45) is -4.73. The molecular weight excluding hydrogens is 243 g/mol. The molecule has 1 rings (SSSR count). The molecule has 1 aromatic rings. The Labute approximate surface area is 93.9 Å². The van der Waals surface area contributed by atoms with E-state index in [9.17, 15) is 23.3 Å². The largest absolute Gasteiger partial charge is 0.496 e. The fourth-order valence-corrected chi connectivity index (χ4v) is 1.25. The number of nitrogens with zero attached hydrogens (tertiary/aromatic N) is 1. The van der Waals surface area contributed by atoms with Crippen molar-refractivity contribution in [2.75, 3.05) is 14.2 Å². The van der Waals surface area contributed by atoms with Crippen LogP contribution in [-0.2, 0) is 6.18 Å². The summed E-state index contributed by atoms with van der Waals surface area (Å²) in [5.41, 5.74) is -1.98. The van der Waals surface area contributed by atoms with Crippen LogP contribution in [0.1, 0.15) is 5.56 Å². The maximum atomic E-state index is 12.6. The van der Waals surface area contributed by atoms with Crippen LogP contribution in [0.3, 0.4) is 0 Å². The lowest BCUT2D eigenvalue weighted by atomic mass is 10.1. The first kappa shape index (κ1) is 13.1. The molecule has 0 fully saturated rings. The lowest BCUT2D eigenvalue weighted by Crippen LogP contribution is -2.09. The van der Waals surface area contributed by atoms with Gasteiger partial charge in [0.05, 0.1) is 19.1 Å². The average molecular weight is 251 g/mol. The molecule has 17 heavy (non-hydrogen) atoms. The van der Waals surface area contributed by atoms with Gasteiger partial charge in [0.2, 0.25) is 5.75 Å². The number of rotatable bonds is 3. The van der Waals surface area contributed by atoms with Gasteiger partial charge in [-0.3, -0.25) is 10.1 Å². The van der Waals surface area contributed by atoms with Crippen LogP contribution in [-0.4, -0.2) is 19.1 Å². The quantitative estimate of drug-likeness (QED) is 0.612. The Bertz CT molecular complexity index is 445. The molecule has 0 aliphatic rings. The van der Waals surface area contributed by atoms with Gasteiger partial charge in [0.15, 0.2) is 0 Å². The highest BCUT2D eigenvalue weighted by Crippen LogP contribution is 2.42. The highest BCUT2D eigenvalue weighted by molar-refractivity contribution is 5.55. The zero-order valence-corrected chi connectivity index (χ0v) is 8.87. The number of hydrogen-bond donors (Lipinski definition) is 0. The number of halogens is 3. The predicted octanol–water partition coefficient (Wildman–Crippen LogP) is 2.63. The standard InChI is InChI=1S/C9H8F3NO4/c1-16-7-4-8(17-2)6(13(14)15)3-5(7)9(10,11)12/h3-4H,1-2H3. The zero-order valence-electron chi connectivity index (χ0n) is 8.87. The normalized spacial score (nSPS) is 11.1. The van der Waals surface area contributed by atoms with Crippen molar-refractivity contribution in [1.82, 2.24) is 0 Å². The molecule has 5 nitrogen and oxygen atoms in total. The fourth-order valence-electron chi connectivity index (χ4n) is 1.25. The monoisotopic (exact) mass is 251 g/mol. The molecule has 0 saturated heterocycles. The first-order valence-corrected chi connectivity index (χ1v) is 4.29. The molecule has 0 heterocycles. The lowest BCUT2D eigenvalue weighted by molar-refractivity contribution is -0.386. The molecule has 0 saturated carbocycles. The van der Waals surface area contributed by atoms with Gasteiger partial charge < -0.3 is 9.47 Å². The highest BCUT2D eigenvalue weighted by atomic mass is 19.4. The second-order valence-electron chi connectivity index (χ2n) is 2.98. The van der Waals surface area contributed by atoms with Crippen LogP contribution in [0.5, 0.6) is 11.5 Å². The van der Waals surface area contributed by atoms with E-state index in [-0.39, 0.29) is 5.75 Å². The van der Waals surface area contributed by atoms with Crippen LogP contribution >= 0.6 is 0 Å². The molecule has 0 aliphatic heterocycles. The Morgan fingerprint density at radius 2 is 1.71 bits per heavy atom. The van der Waals surface area contributed by atoms with Crippen LogP contribution in [0, 0.1) is 10.1 Å². The number of nitro benzene ring substituents is 1.